The molecule has 1 heterocycles. The maximum absolute atomic E-state index is 13.0. The topological polar surface area (TPSA) is 57.7 Å². The van der Waals surface area contributed by atoms with Gasteiger partial charge in [0.05, 0.1) is 17.7 Å². The molecule has 0 aromatic heterocycles. The number of carbonyl (C=O) groups excluding carboxylic acids is 3. The van der Waals surface area contributed by atoms with Crippen molar-refractivity contribution in [1.82, 2.24) is 10.0 Å². The van der Waals surface area contributed by atoms with Gasteiger partial charge in [-0.1, -0.05) is 75.1 Å². The molecule has 0 fully saturated rings. The van der Waals surface area contributed by atoms with E-state index < -0.39 is 11.8 Å². The second-order valence-electron chi connectivity index (χ2n) is 7.07. The quantitative estimate of drug-likeness (QED) is 0.474. The van der Waals surface area contributed by atoms with Gasteiger partial charge in [0, 0.05) is 6.42 Å². The van der Waals surface area contributed by atoms with Crippen LogP contribution >= 0.6 is 0 Å². The van der Waals surface area contributed by atoms with Crippen molar-refractivity contribution in [2.75, 3.05) is 0 Å². The summed E-state index contributed by atoms with van der Waals surface area (Å²) in [5, 5.41) is 2.34. The molecule has 0 aliphatic carbocycles. The zero-order valence-electron chi connectivity index (χ0n) is 16.3. The zero-order valence-corrected chi connectivity index (χ0v) is 16.3. The van der Waals surface area contributed by atoms with Crippen LogP contribution < -0.4 is 0 Å². The molecular formula is C23H26N2O3. The number of amides is 3. The van der Waals surface area contributed by atoms with Crippen LogP contribution in [0.4, 0.5) is 0 Å². The van der Waals surface area contributed by atoms with Gasteiger partial charge in [0.25, 0.3) is 11.8 Å². The molecule has 2 aromatic carbocycles. The fourth-order valence-corrected chi connectivity index (χ4v) is 3.43. The molecule has 1 aliphatic heterocycles. The lowest BCUT2D eigenvalue weighted by Crippen LogP contribution is -2.49. The molecule has 0 N–H and O–H groups in total. The normalized spacial score (nSPS) is 13.0. The minimum atomic E-state index is -0.434. The highest BCUT2D eigenvalue weighted by molar-refractivity contribution is 6.21. The number of unbranched alkanes of at least 4 members (excludes halogenated alkanes) is 4. The number of benzene rings is 2. The maximum atomic E-state index is 13.0. The van der Waals surface area contributed by atoms with Crippen molar-refractivity contribution in [3.05, 3.63) is 71.3 Å². The molecule has 2 aromatic rings. The summed E-state index contributed by atoms with van der Waals surface area (Å²) in [5.41, 5.74) is 1.57. The molecule has 1 aliphatic rings. The van der Waals surface area contributed by atoms with E-state index in [1.807, 2.05) is 30.3 Å². The molecule has 3 rings (SSSR count). The summed E-state index contributed by atoms with van der Waals surface area (Å²) >= 11 is 0. The van der Waals surface area contributed by atoms with Crippen molar-refractivity contribution >= 4 is 17.7 Å². The molecule has 5 heteroatoms. The highest BCUT2D eigenvalue weighted by Crippen LogP contribution is 2.26. The Morgan fingerprint density at radius 2 is 1.39 bits per heavy atom. The van der Waals surface area contributed by atoms with Crippen molar-refractivity contribution in [2.24, 2.45) is 0 Å². The largest absolute Gasteiger partial charge is 0.280 e. The lowest BCUT2D eigenvalue weighted by molar-refractivity contribution is -0.142. The minimum absolute atomic E-state index is 0.195. The number of rotatable bonds is 9. The van der Waals surface area contributed by atoms with Crippen LogP contribution in [0.5, 0.6) is 0 Å². The van der Waals surface area contributed by atoms with Gasteiger partial charge in [-0.3, -0.25) is 14.4 Å². The highest BCUT2D eigenvalue weighted by Gasteiger charge is 2.40. The van der Waals surface area contributed by atoms with E-state index in [9.17, 15) is 14.4 Å². The molecule has 0 spiro atoms. The first kappa shape index (κ1) is 19.8. The second-order valence-corrected chi connectivity index (χ2v) is 7.07. The van der Waals surface area contributed by atoms with Gasteiger partial charge in [-0.15, -0.1) is 0 Å². The Kier molecular flexibility index (Phi) is 6.58. The summed E-state index contributed by atoms with van der Waals surface area (Å²) in [6.07, 6.45) is 5.44. The SMILES string of the molecule is CCCCCCCC(=O)N(Cc1ccccc1)N1C(=O)c2ccccc2C1=O. The van der Waals surface area contributed by atoms with Crippen molar-refractivity contribution < 1.29 is 14.4 Å². The number of hydrogen-bond donors (Lipinski definition) is 0. The molecule has 0 atom stereocenters. The van der Waals surface area contributed by atoms with Crippen LogP contribution in [0, 0.1) is 0 Å². The third kappa shape index (κ3) is 4.30. The van der Waals surface area contributed by atoms with Gasteiger partial charge in [-0.25, -0.2) is 5.01 Å². The van der Waals surface area contributed by atoms with Crippen molar-refractivity contribution in [1.29, 1.82) is 0 Å². The summed E-state index contributed by atoms with van der Waals surface area (Å²) < 4.78 is 0. The van der Waals surface area contributed by atoms with Crippen molar-refractivity contribution in [3.63, 3.8) is 0 Å². The monoisotopic (exact) mass is 378 g/mol. The predicted molar refractivity (Wildman–Crippen MR) is 107 cm³/mol. The summed E-state index contributed by atoms with van der Waals surface area (Å²) in [4.78, 5) is 38.7. The standard InChI is InChI=1S/C23H26N2O3/c1-2-3-4-5-9-16-21(26)24(17-18-12-7-6-8-13-18)25-22(27)19-14-10-11-15-20(19)23(25)28/h6-8,10-15H,2-5,9,16-17H2,1H3. The number of carbonyl (C=O) groups is 3. The number of hydrazine groups is 1. The summed E-state index contributed by atoms with van der Waals surface area (Å²) in [6.45, 7) is 2.34. The van der Waals surface area contributed by atoms with Crippen LogP contribution in [0.3, 0.4) is 0 Å². The fourth-order valence-electron chi connectivity index (χ4n) is 3.43. The van der Waals surface area contributed by atoms with Gasteiger partial charge in [0.15, 0.2) is 0 Å². The van der Waals surface area contributed by atoms with E-state index in [2.05, 4.69) is 6.92 Å². The lowest BCUT2D eigenvalue weighted by Gasteiger charge is -2.30. The molecular weight excluding hydrogens is 352 g/mol. The van der Waals surface area contributed by atoms with E-state index in [1.165, 1.54) is 5.01 Å². The fraction of sp³-hybridized carbons (Fsp3) is 0.348. The Bertz CT molecular complexity index is 813. The molecule has 3 amide bonds. The summed E-state index contributed by atoms with van der Waals surface area (Å²) in [7, 11) is 0. The number of nitrogens with zero attached hydrogens (tertiary/aromatic N) is 2. The van der Waals surface area contributed by atoms with Gasteiger partial charge in [0.2, 0.25) is 5.91 Å². The van der Waals surface area contributed by atoms with Crippen LogP contribution in [0.15, 0.2) is 54.6 Å². The molecule has 0 radical (unpaired) electrons. The maximum Gasteiger partial charge on any atom is 0.280 e. The third-order valence-corrected chi connectivity index (χ3v) is 4.97. The minimum Gasteiger partial charge on any atom is -0.273 e. The van der Waals surface area contributed by atoms with E-state index in [0.717, 1.165) is 42.7 Å². The predicted octanol–water partition coefficient (Wildman–Crippen LogP) is 4.59. The van der Waals surface area contributed by atoms with E-state index in [0.29, 0.717) is 17.5 Å². The number of fused-ring (bicyclic) bond motifs is 1. The van der Waals surface area contributed by atoms with Crippen molar-refractivity contribution in [2.45, 2.75) is 52.0 Å². The first-order valence-corrected chi connectivity index (χ1v) is 9.95. The molecule has 0 saturated carbocycles. The zero-order chi connectivity index (χ0) is 19.9. The highest BCUT2D eigenvalue weighted by atomic mass is 16.2. The molecule has 0 unspecified atom stereocenters. The molecule has 0 saturated heterocycles. The van der Waals surface area contributed by atoms with Crippen LogP contribution in [0.25, 0.3) is 0 Å². The average Bonchev–Trinajstić information content (AvgIpc) is 2.97. The first-order valence-electron chi connectivity index (χ1n) is 9.95. The summed E-state index contributed by atoms with van der Waals surface area (Å²) in [5.74, 6) is -1.07. The van der Waals surface area contributed by atoms with Gasteiger partial charge in [-0.2, -0.15) is 5.01 Å². The number of hydrogen-bond acceptors (Lipinski definition) is 3. The molecule has 146 valence electrons. The van der Waals surface area contributed by atoms with Crippen LogP contribution in [-0.2, 0) is 11.3 Å². The van der Waals surface area contributed by atoms with Crippen LogP contribution in [0.2, 0.25) is 0 Å². The molecule has 28 heavy (non-hydrogen) atoms. The number of imide groups is 1. The Morgan fingerprint density at radius 3 is 2.00 bits per heavy atom. The first-order chi connectivity index (χ1) is 13.6. The smallest absolute Gasteiger partial charge is 0.273 e. The van der Waals surface area contributed by atoms with E-state index in [4.69, 9.17) is 0 Å². The lowest BCUT2D eigenvalue weighted by atomic mass is 10.1. The Labute approximate surface area is 165 Å². The van der Waals surface area contributed by atoms with Gasteiger partial charge in [0.1, 0.15) is 0 Å². The third-order valence-electron chi connectivity index (χ3n) is 4.97. The van der Waals surface area contributed by atoms with Crippen LogP contribution in [0.1, 0.15) is 71.7 Å². The van der Waals surface area contributed by atoms with E-state index in [1.54, 1.807) is 24.3 Å². The Balaban J connectivity index is 1.79. The average molecular weight is 378 g/mol. The van der Waals surface area contributed by atoms with Crippen molar-refractivity contribution in [3.8, 4) is 0 Å². The Hall–Kier alpha value is -2.95. The Morgan fingerprint density at radius 1 is 0.821 bits per heavy atom. The van der Waals surface area contributed by atoms with E-state index >= 15 is 0 Å². The second kappa shape index (κ2) is 9.31. The van der Waals surface area contributed by atoms with Gasteiger partial charge >= 0.3 is 0 Å². The van der Waals surface area contributed by atoms with E-state index in [-0.39, 0.29) is 12.5 Å². The molecule has 5 nitrogen and oxygen atoms in total. The van der Waals surface area contributed by atoms with Crippen LogP contribution in [-0.4, -0.2) is 27.7 Å². The molecule has 0 bridgehead atoms. The summed E-state index contributed by atoms with van der Waals surface area (Å²) in [6, 6.07) is 16.1. The van der Waals surface area contributed by atoms with Gasteiger partial charge in [-0.05, 0) is 24.1 Å². The van der Waals surface area contributed by atoms with Gasteiger partial charge < -0.3 is 0 Å².